The standard InChI is InChI=1S/C29H27FN6O3S2/c1-29(2)12-21-25(22(37)13-29)24(18-6-4-5-7-20(18)30)19(14-31)26(32)36(21)27-34-35-28(41-27)40-15-23(38)33-16-8-10-17(39-3)11-9-16/h4-11,24H,12-13,15,32H2,1-3H3,(H,33,38). The van der Waals surface area contributed by atoms with Crippen molar-refractivity contribution in [1.29, 1.82) is 5.26 Å². The van der Waals surface area contributed by atoms with E-state index in [2.05, 4.69) is 21.6 Å². The number of ketones is 1. The number of nitrogens with zero attached hydrogens (tertiary/aromatic N) is 4. The molecule has 1 amide bonds. The molecule has 0 saturated heterocycles. The van der Waals surface area contributed by atoms with Crippen LogP contribution < -0.4 is 20.7 Å². The van der Waals surface area contributed by atoms with Crippen LogP contribution >= 0.6 is 23.1 Å². The number of carbonyl (C=O) groups excluding carboxylic acids is 2. The van der Waals surface area contributed by atoms with Crippen LogP contribution in [0, 0.1) is 22.6 Å². The van der Waals surface area contributed by atoms with E-state index >= 15 is 4.39 Å². The average molecular weight is 591 g/mol. The number of hydrogen-bond acceptors (Lipinski definition) is 10. The summed E-state index contributed by atoms with van der Waals surface area (Å²) < 4.78 is 20.7. The Labute approximate surface area is 244 Å². The molecule has 1 unspecified atom stereocenters. The number of Topliss-reactive ketones (excluding diaryl/α,β-unsaturated/α-hetero) is 1. The molecule has 1 aliphatic carbocycles. The zero-order valence-electron chi connectivity index (χ0n) is 22.6. The number of nitrogens with two attached hydrogens (primary N) is 1. The molecule has 41 heavy (non-hydrogen) atoms. The number of amides is 1. The number of nitriles is 1. The number of thioether (sulfide) groups is 1. The molecule has 12 heteroatoms. The van der Waals surface area contributed by atoms with E-state index in [9.17, 15) is 14.9 Å². The maximum Gasteiger partial charge on any atom is 0.234 e. The van der Waals surface area contributed by atoms with Crippen LogP contribution in [-0.2, 0) is 9.59 Å². The van der Waals surface area contributed by atoms with Gasteiger partial charge in [-0.15, -0.1) is 10.2 Å². The molecule has 0 spiro atoms. The number of allylic oxidation sites excluding steroid dienone is 3. The van der Waals surface area contributed by atoms with Gasteiger partial charge in [0, 0.05) is 28.9 Å². The molecule has 0 fully saturated rings. The van der Waals surface area contributed by atoms with Gasteiger partial charge in [0.1, 0.15) is 17.4 Å². The average Bonchev–Trinajstić information content (AvgIpc) is 3.40. The second-order valence-corrected chi connectivity index (χ2v) is 12.6. The lowest BCUT2D eigenvalue weighted by molar-refractivity contribution is -0.118. The zero-order chi connectivity index (χ0) is 29.3. The van der Waals surface area contributed by atoms with E-state index in [4.69, 9.17) is 10.5 Å². The summed E-state index contributed by atoms with van der Waals surface area (Å²) in [5, 5.41) is 21.9. The van der Waals surface area contributed by atoms with E-state index in [1.54, 1.807) is 54.5 Å². The molecule has 210 valence electrons. The molecule has 5 rings (SSSR count). The van der Waals surface area contributed by atoms with Crippen LogP contribution in [0.4, 0.5) is 15.2 Å². The van der Waals surface area contributed by atoms with Gasteiger partial charge in [0.25, 0.3) is 0 Å². The Bertz CT molecular complexity index is 1620. The van der Waals surface area contributed by atoms with Crippen molar-refractivity contribution in [2.24, 2.45) is 11.1 Å². The van der Waals surface area contributed by atoms with Gasteiger partial charge >= 0.3 is 0 Å². The summed E-state index contributed by atoms with van der Waals surface area (Å²) in [4.78, 5) is 27.7. The molecule has 9 nitrogen and oxygen atoms in total. The molecule has 1 aromatic heterocycles. The van der Waals surface area contributed by atoms with Gasteiger partial charge in [0.05, 0.1) is 30.4 Å². The number of benzene rings is 2. The number of nitrogens with one attached hydrogen (secondary N) is 1. The SMILES string of the molecule is COc1ccc(NC(=O)CSc2nnc(N3C(N)=C(C#N)C(c4ccccc4F)C4=C3CC(C)(C)CC4=O)s2)cc1. The first-order chi connectivity index (χ1) is 19.6. The lowest BCUT2D eigenvalue weighted by atomic mass is 9.68. The van der Waals surface area contributed by atoms with Gasteiger partial charge in [-0.25, -0.2) is 4.39 Å². The monoisotopic (exact) mass is 590 g/mol. The van der Waals surface area contributed by atoms with Crippen LogP contribution in [0.1, 0.15) is 38.2 Å². The Kier molecular flexibility index (Phi) is 7.84. The number of ether oxygens (including phenoxy) is 1. The third-order valence-corrected chi connectivity index (χ3v) is 8.93. The molecule has 2 aliphatic rings. The number of carbonyl (C=O) groups is 2. The normalized spacial score (nSPS) is 18.2. The fourth-order valence-corrected chi connectivity index (χ4v) is 6.78. The van der Waals surface area contributed by atoms with Crippen molar-refractivity contribution in [3.8, 4) is 11.8 Å². The highest BCUT2D eigenvalue weighted by Crippen LogP contribution is 2.51. The number of halogens is 1. The number of aromatic nitrogens is 2. The van der Waals surface area contributed by atoms with Crippen molar-refractivity contribution in [2.75, 3.05) is 23.1 Å². The molecule has 0 saturated carbocycles. The van der Waals surface area contributed by atoms with Gasteiger partial charge in [-0.1, -0.05) is 55.1 Å². The minimum atomic E-state index is -0.917. The fraction of sp³-hybridized carbons (Fsp3) is 0.276. The highest BCUT2D eigenvalue weighted by molar-refractivity contribution is 8.01. The minimum Gasteiger partial charge on any atom is -0.497 e. The molecule has 0 radical (unpaired) electrons. The topological polar surface area (TPSA) is 134 Å². The summed E-state index contributed by atoms with van der Waals surface area (Å²) in [5.74, 6) is -0.967. The Balaban J connectivity index is 1.44. The third-order valence-electron chi connectivity index (χ3n) is 6.88. The van der Waals surface area contributed by atoms with Crippen LogP contribution in [-0.4, -0.2) is 34.8 Å². The molecule has 2 heterocycles. The van der Waals surface area contributed by atoms with E-state index < -0.39 is 11.7 Å². The second-order valence-electron chi connectivity index (χ2n) is 10.4. The second kappa shape index (κ2) is 11.3. The summed E-state index contributed by atoms with van der Waals surface area (Å²) in [5.41, 5.74) is 8.08. The molecular weight excluding hydrogens is 563 g/mol. The zero-order valence-corrected chi connectivity index (χ0v) is 24.2. The Morgan fingerprint density at radius 3 is 2.66 bits per heavy atom. The minimum absolute atomic E-state index is 0.0742. The number of anilines is 2. The molecule has 2 aromatic carbocycles. The summed E-state index contributed by atoms with van der Waals surface area (Å²) in [6.07, 6.45) is 0.717. The smallest absolute Gasteiger partial charge is 0.234 e. The van der Waals surface area contributed by atoms with E-state index in [1.807, 2.05) is 13.8 Å². The van der Waals surface area contributed by atoms with Gasteiger partial charge in [0.15, 0.2) is 10.1 Å². The van der Waals surface area contributed by atoms with Crippen molar-refractivity contribution in [3.63, 3.8) is 0 Å². The summed E-state index contributed by atoms with van der Waals surface area (Å²) >= 11 is 2.40. The predicted molar refractivity (Wildman–Crippen MR) is 156 cm³/mol. The Morgan fingerprint density at radius 2 is 1.98 bits per heavy atom. The maximum atomic E-state index is 15.0. The van der Waals surface area contributed by atoms with Crippen molar-refractivity contribution in [3.05, 3.63) is 82.6 Å². The lowest BCUT2D eigenvalue weighted by Crippen LogP contribution is -2.42. The van der Waals surface area contributed by atoms with E-state index in [1.165, 1.54) is 29.2 Å². The molecular formula is C29H27FN6O3S2. The number of hydrogen-bond donors (Lipinski definition) is 2. The first-order valence-corrected chi connectivity index (χ1v) is 14.5. The van der Waals surface area contributed by atoms with Crippen LogP contribution in [0.2, 0.25) is 0 Å². The van der Waals surface area contributed by atoms with Gasteiger partial charge in [-0.2, -0.15) is 5.26 Å². The van der Waals surface area contributed by atoms with Crippen LogP contribution in [0.25, 0.3) is 0 Å². The van der Waals surface area contributed by atoms with Crippen molar-refractivity contribution in [2.45, 2.75) is 36.9 Å². The highest BCUT2D eigenvalue weighted by Gasteiger charge is 2.46. The maximum absolute atomic E-state index is 15.0. The van der Waals surface area contributed by atoms with E-state index in [0.717, 1.165) is 0 Å². The highest BCUT2D eigenvalue weighted by atomic mass is 32.2. The third kappa shape index (κ3) is 5.68. The van der Waals surface area contributed by atoms with Gasteiger partial charge in [0.2, 0.25) is 11.0 Å². The number of methoxy groups -OCH3 is 1. The van der Waals surface area contributed by atoms with Gasteiger partial charge in [-0.05, 0) is 42.2 Å². The lowest BCUT2D eigenvalue weighted by Gasteiger charge is -2.42. The Morgan fingerprint density at radius 1 is 1.24 bits per heavy atom. The van der Waals surface area contributed by atoms with Crippen molar-refractivity contribution in [1.82, 2.24) is 10.2 Å². The molecule has 0 bridgehead atoms. The molecule has 3 N–H and O–H groups in total. The van der Waals surface area contributed by atoms with Crippen LogP contribution in [0.3, 0.4) is 0 Å². The Hall–Kier alpha value is -4.21. The summed E-state index contributed by atoms with van der Waals surface area (Å²) in [6.45, 7) is 3.96. The quantitative estimate of drug-likeness (QED) is 0.349. The van der Waals surface area contributed by atoms with Crippen molar-refractivity contribution >= 4 is 45.6 Å². The van der Waals surface area contributed by atoms with Crippen LogP contribution in [0.5, 0.6) is 5.75 Å². The van der Waals surface area contributed by atoms with Crippen LogP contribution in [0.15, 0.2) is 75.5 Å². The molecule has 3 aromatic rings. The largest absolute Gasteiger partial charge is 0.497 e. The van der Waals surface area contributed by atoms with E-state index in [0.29, 0.717) is 38.6 Å². The summed E-state index contributed by atoms with van der Waals surface area (Å²) in [6, 6.07) is 15.2. The summed E-state index contributed by atoms with van der Waals surface area (Å²) in [7, 11) is 1.57. The number of rotatable bonds is 7. The molecule has 1 atom stereocenters. The van der Waals surface area contributed by atoms with E-state index in [-0.39, 0.29) is 46.2 Å². The fourth-order valence-electron chi connectivity index (χ4n) is 5.10. The van der Waals surface area contributed by atoms with Gasteiger partial charge < -0.3 is 15.8 Å². The predicted octanol–water partition coefficient (Wildman–Crippen LogP) is 5.36. The van der Waals surface area contributed by atoms with Crippen molar-refractivity contribution < 1.29 is 18.7 Å². The first-order valence-electron chi connectivity index (χ1n) is 12.7. The van der Waals surface area contributed by atoms with Gasteiger partial charge in [-0.3, -0.25) is 14.5 Å². The first kappa shape index (κ1) is 28.3. The molecule has 1 aliphatic heterocycles.